The molecule has 0 aromatic carbocycles. The van der Waals surface area contributed by atoms with Crippen LogP contribution < -0.4 is 5.32 Å². The molecule has 4 nitrogen and oxygen atoms in total. The third kappa shape index (κ3) is 5.27. The zero-order chi connectivity index (χ0) is 11.8. The monoisotopic (exact) mass is 293 g/mol. The second-order valence-corrected chi connectivity index (χ2v) is 5.23. The normalized spacial score (nSPS) is 24.6. The molecule has 0 aromatic rings. The summed E-state index contributed by atoms with van der Waals surface area (Å²) in [7, 11) is 1.61. The molecule has 94 valence electrons. The van der Waals surface area contributed by atoms with Gasteiger partial charge in [0.25, 0.3) is 0 Å². The van der Waals surface area contributed by atoms with E-state index >= 15 is 0 Å². The van der Waals surface area contributed by atoms with Gasteiger partial charge in [-0.3, -0.25) is 4.79 Å². The number of carbonyl (C=O) groups excluding carboxylic acids is 1. The maximum atomic E-state index is 11.4. The van der Waals surface area contributed by atoms with Crippen molar-refractivity contribution in [2.24, 2.45) is 5.92 Å². The van der Waals surface area contributed by atoms with E-state index in [-0.39, 0.29) is 12.5 Å². The van der Waals surface area contributed by atoms with E-state index in [2.05, 4.69) is 21.2 Å². The van der Waals surface area contributed by atoms with Gasteiger partial charge in [-0.1, -0.05) is 22.4 Å². The summed E-state index contributed by atoms with van der Waals surface area (Å²) < 4.78 is 9.95. The number of rotatable bonds is 7. The first-order valence-corrected chi connectivity index (χ1v) is 6.63. The number of methoxy groups -OCH3 is 1. The lowest BCUT2D eigenvalue weighted by molar-refractivity contribution is -0.126. The van der Waals surface area contributed by atoms with Crippen molar-refractivity contribution >= 4 is 21.8 Å². The predicted octanol–water partition coefficient (Wildman–Crippen LogP) is 1.33. The standard InChI is InChI=1S/C11H20BrNO3/c1-15-5-6-16-8-11(14)13-7-9-3-2-4-10(9)12/h9-10H,2-8H2,1H3,(H,13,14). The highest BCUT2D eigenvalue weighted by atomic mass is 79.9. The molecule has 5 heteroatoms. The molecule has 1 saturated carbocycles. The van der Waals surface area contributed by atoms with Crippen LogP contribution in [0, 0.1) is 5.92 Å². The highest BCUT2D eigenvalue weighted by Crippen LogP contribution is 2.30. The topological polar surface area (TPSA) is 47.6 Å². The number of alkyl halides is 1. The van der Waals surface area contributed by atoms with Crippen molar-refractivity contribution in [1.82, 2.24) is 5.32 Å². The van der Waals surface area contributed by atoms with E-state index in [9.17, 15) is 4.79 Å². The second kappa shape index (κ2) is 8.03. The van der Waals surface area contributed by atoms with Crippen LogP contribution in [0.3, 0.4) is 0 Å². The van der Waals surface area contributed by atoms with Crippen LogP contribution >= 0.6 is 15.9 Å². The fraction of sp³-hybridized carbons (Fsp3) is 0.909. The summed E-state index contributed by atoms with van der Waals surface area (Å²) >= 11 is 3.63. The Balaban J connectivity index is 2.01. The first-order valence-electron chi connectivity index (χ1n) is 5.71. The lowest BCUT2D eigenvalue weighted by atomic mass is 10.1. The molecule has 1 rings (SSSR count). The van der Waals surface area contributed by atoms with Gasteiger partial charge in [0.05, 0.1) is 13.2 Å². The maximum Gasteiger partial charge on any atom is 0.246 e. The average molecular weight is 294 g/mol. The second-order valence-electron chi connectivity index (χ2n) is 4.06. The van der Waals surface area contributed by atoms with Crippen molar-refractivity contribution < 1.29 is 14.3 Å². The Labute approximate surface area is 105 Å². The number of carbonyl (C=O) groups is 1. The lowest BCUT2D eigenvalue weighted by Crippen LogP contribution is -2.33. The fourth-order valence-corrected chi connectivity index (χ4v) is 2.60. The highest BCUT2D eigenvalue weighted by molar-refractivity contribution is 9.09. The van der Waals surface area contributed by atoms with Crippen LogP contribution in [-0.4, -0.2) is 44.2 Å². The van der Waals surface area contributed by atoms with Crippen LogP contribution in [-0.2, 0) is 14.3 Å². The zero-order valence-electron chi connectivity index (χ0n) is 9.71. The van der Waals surface area contributed by atoms with Gasteiger partial charge in [0.1, 0.15) is 6.61 Å². The Kier molecular flexibility index (Phi) is 7.00. The molecular weight excluding hydrogens is 274 g/mol. The van der Waals surface area contributed by atoms with Gasteiger partial charge >= 0.3 is 0 Å². The molecule has 1 amide bonds. The summed E-state index contributed by atoms with van der Waals surface area (Å²) in [6.07, 6.45) is 3.66. The average Bonchev–Trinajstić information content (AvgIpc) is 2.67. The Hall–Kier alpha value is -0.130. The predicted molar refractivity (Wildman–Crippen MR) is 65.8 cm³/mol. The maximum absolute atomic E-state index is 11.4. The van der Waals surface area contributed by atoms with Gasteiger partial charge in [-0.05, 0) is 18.8 Å². The van der Waals surface area contributed by atoms with Gasteiger partial charge < -0.3 is 14.8 Å². The molecule has 2 unspecified atom stereocenters. The minimum absolute atomic E-state index is 0.0392. The molecule has 1 aliphatic rings. The molecule has 16 heavy (non-hydrogen) atoms. The minimum atomic E-state index is -0.0392. The van der Waals surface area contributed by atoms with Gasteiger partial charge in [-0.25, -0.2) is 0 Å². The molecular formula is C11H20BrNO3. The van der Waals surface area contributed by atoms with E-state index in [4.69, 9.17) is 9.47 Å². The summed E-state index contributed by atoms with van der Waals surface area (Å²) in [6.45, 7) is 1.87. The molecule has 0 aromatic heterocycles. The van der Waals surface area contributed by atoms with Gasteiger partial charge in [0.15, 0.2) is 0 Å². The molecule has 0 heterocycles. The number of nitrogens with one attached hydrogen (secondary N) is 1. The first-order chi connectivity index (χ1) is 7.74. The van der Waals surface area contributed by atoms with Gasteiger partial charge in [-0.2, -0.15) is 0 Å². The highest BCUT2D eigenvalue weighted by Gasteiger charge is 2.24. The number of ether oxygens (including phenoxy) is 2. The molecule has 1 aliphatic carbocycles. The molecule has 1 N–H and O–H groups in total. The van der Waals surface area contributed by atoms with Crippen molar-refractivity contribution in [3.8, 4) is 0 Å². The summed E-state index contributed by atoms with van der Waals surface area (Å²) in [5.41, 5.74) is 0. The van der Waals surface area contributed by atoms with Crippen molar-refractivity contribution in [2.45, 2.75) is 24.1 Å². The van der Waals surface area contributed by atoms with Crippen LogP contribution in [0.5, 0.6) is 0 Å². The summed E-state index contributed by atoms with van der Waals surface area (Å²) in [5, 5.41) is 2.90. The Morgan fingerprint density at radius 2 is 2.25 bits per heavy atom. The Bertz CT molecular complexity index is 213. The summed E-state index contributed by atoms with van der Waals surface area (Å²) in [6, 6.07) is 0. The number of halogens is 1. The first kappa shape index (κ1) is 13.9. The van der Waals surface area contributed by atoms with E-state index in [0.717, 1.165) is 6.54 Å². The number of amides is 1. The summed E-state index contributed by atoms with van der Waals surface area (Å²) in [4.78, 5) is 11.9. The molecule has 0 saturated heterocycles. The van der Waals surface area contributed by atoms with E-state index in [1.807, 2.05) is 0 Å². The van der Waals surface area contributed by atoms with Crippen LogP contribution in [0.25, 0.3) is 0 Å². The Morgan fingerprint density at radius 1 is 1.44 bits per heavy atom. The van der Waals surface area contributed by atoms with Crippen molar-refractivity contribution in [3.05, 3.63) is 0 Å². The van der Waals surface area contributed by atoms with E-state index in [1.54, 1.807) is 7.11 Å². The number of hydrogen-bond acceptors (Lipinski definition) is 3. The van der Waals surface area contributed by atoms with Crippen LogP contribution in [0.2, 0.25) is 0 Å². The van der Waals surface area contributed by atoms with Gasteiger partial charge in [-0.15, -0.1) is 0 Å². The summed E-state index contributed by atoms with van der Waals surface area (Å²) in [5.74, 6) is 0.533. The van der Waals surface area contributed by atoms with Gasteiger partial charge in [0.2, 0.25) is 5.91 Å². The van der Waals surface area contributed by atoms with E-state index in [0.29, 0.717) is 24.0 Å². The Morgan fingerprint density at radius 3 is 2.88 bits per heavy atom. The molecule has 0 aliphatic heterocycles. The van der Waals surface area contributed by atoms with Crippen LogP contribution in [0.15, 0.2) is 0 Å². The van der Waals surface area contributed by atoms with E-state index in [1.165, 1.54) is 19.3 Å². The smallest absolute Gasteiger partial charge is 0.246 e. The SMILES string of the molecule is COCCOCC(=O)NCC1CCCC1Br. The van der Waals surface area contributed by atoms with Crippen LogP contribution in [0.1, 0.15) is 19.3 Å². The van der Waals surface area contributed by atoms with Crippen molar-refractivity contribution in [3.63, 3.8) is 0 Å². The molecule has 0 radical (unpaired) electrons. The molecule has 0 bridgehead atoms. The molecule has 1 fully saturated rings. The fourth-order valence-electron chi connectivity index (χ4n) is 1.82. The number of hydrogen-bond donors (Lipinski definition) is 1. The van der Waals surface area contributed by atoms with Crippen molar-refractivity contribution in [1.29, 1.82) is 0 Å². The third-order valence-electron chi connectivity index (χ3n) is 2.79. The quantitative estimate of drug-likeness (QED) is 0.569. The largest absolute Gasteiger partial charge is 0.382 e. The van der Waals surface area contributed by atoms with Crippen molar-refractivity contribution in [2.75, 3.05) is 33.5 Å². The van der Waals surface area contributed by atoms with Gasteiger partial charge in [0, 0.05) is 18.5 Å². The molecule has 0 spiro atoms. The van der Waals surface area contributed by atoms with Crippen LogP contribution in [0.4, 0.5) is 0 Å². The minimum Gasteiger partial charge on any atom is -0.382 e. The molecule has 2 atom stereocenters. The zero-order valence-corrected chi connectivity index (χ0v) is 11.3. The lowest BCUT2D eigenvalue weighted by Gasteiger charge is -2.14. The van der Waals surface area contributed by atoms with E-state index < -0.39 is 0 Å². The third-order valence-corrected chi connectivity index (χ3v) is 4.00.